The van der Waals surface area contributed by atoms with E-state index in [1.807, 2.05) is 24.3 Å². The lowest BCUT2D eigenvalue weighted by atomic mass is 9.99. The number of halogens is 1. The first-order valence-electron chi connectivity index (χ1n) is 7.84. The molecule has 2 heterocycles. The Morgan fingerprint density at radius 1 is 1.09 bits per heavy atom. The van der Waals surface area contributed by atoms with Crippen molar-refractivity contribution in [2.45, 2.75) is 19.5 Å². The number of anilines is 1. The highest BCUT2D eigenvalue weighted by molar-refractivity contribution is 6.36. The minimum Gasteiger partial charge on any atom is -0.398 e. The maximum absolute atomic E-state index is 6.40. The Bertz CT molecular complexity index is 861. The van der Waals surface area contributed by atoms with Gasteiger partial charge in [-0.3, -0.25) is 9.88 Å². The molecule has 0 aliphatic carbocycles. The van der Waals surface area contributed by atoms with Gasteiger partial charge in [-0.2, -0.15) is 0 Å². The average molecular weight is 324 g/mol. The summed E-state index contributed by atoms with van der Waals surface area (Å²) < 4.78 is 0. The number of nitrogens with zero attached hydrogens (tertiary/aromatic N) is 2. The molecule has 0 saturated carbocycles. The van der Waals surface area contributed by atoms with E-state index in [-0.39, 0.29) is 0 Å². The van der Waals surface area contributed by atoms with Crippen LogP contribution in [0.15, 0.2) is 48.5 Å². The number of rotatable bonds is 2. The van der Waals surface area contributed by atoms with Gasteiger partial charge in [-0.05, 0) is 29.7 Å². The molecule has 0 spiro atoms. The van der Waals surface area contributed by atoms with Crippen molar-refractivity contribution in [2.75, 3.05) is 12.3 Å². The Morgan fingerprint density at radius 3 is 2.74 bits per heavy atom. The third kappa shape index (κ3) is 2.67. The first kappa shape index (κ1) is 14.5. The molecule has 0 bridgehead atoms. The van der Waals surface area contributed by atoms with Gasteiger partial charge in [-0.15, -0.1) is 0 Å². The Labute approximate surface area is 140 Å². The molecule has 0 radical (unpaired) electrons. The topological polar surface area (TPSA) is 42.1 Å². The van der Waals surface area contributed by atoms with Crippen LogP contribution in [0, 0.1) is 0 Å². The second kappa shape index (κ2) is 5.84. The van der Waals surface area contributed by atoms with Gasteiger partial charge in [0.2, 0.25) is 0 Å². The number of benzene rings is 2. The van der Waals surface area contributed by atoms with E-state index in [1.165, 1.54) is 5.56 Å². The van der Waals surface area contributed by atoms with Crippen molar-refractivity contribution in [3.05, 3.63) is 70.4 Å². The normalized spacial score (nSPS) is 14.8. The SMILES string of the molecule is Nc1c2c(nc3cccc(Cl)c13)CN(Cc1ccccc1)CC2. The Balaban J connectivity index is 1.68. The average Bonchev–Trinajstić information content (AvgIpc) is 2.55. The van der Waals surface area contributed by atoms with Crippen LogP contribution in [-0.4, -0.2) is 16.4 Å². The van der Waals surface area contributed by atoms with E-state index in [1.54, 1.807) is 0 Å². The number of nitrogen functional groups attached to an aromatic ring is 1. The molecule has 116 valence electrons. The smallest absolute Gasteiger partial charge is 0.0741 e. The Hall–Kier alpha value is -2.10. The number of nitrogens with two attached hydrogens (primary N) is 1. The van der Waals surface area contributed by atoms with Gasteiger partial charge in [-0.25, -0.2) is 0 Å². The molecule has 0 unspecified atom stereocenters. The third-order valence-electron chi connectivity index (χ3n) is 4.49. The maximum atomic E-state index is 6.40. The molecule has 3 nitrogen and oxygen atoms in total. The van der Waals surface area contributed by atoms with Gasteiger partial charge in [-0.1, -0.05) is 48.0 Å². The molecule has 0 amide bonds. The van der Waals surface area contributed by atoms with Crippen molar-refractivity contribution in [3.63, 3.8) is 0 Å². The summed E-state index contributed by atoms with van der Waals surface area (Å²) in [7, 11) is 0. The highest BCUT2D eigenvalue weighted by Crippen LogP contribution is 2.34. The fourth-order valence-corrected chi connectivity index (χ4v) is 3.61. The summed E-state index contributed by atoms with van der Waals surface area (Å²) in [4.78, 5) is 7.24. The van der Waals surface area contributed by atoms with Crippen molar-refractivity contribution >= 4 is 28.2 Å². The van der Waals surface area contributed by atoms with Gasteiger partial charge in [0.25, 0.3) is 0 Å². The van der Waals surface area contributed by atoms with Crippen molar-refractivity contribution in [1.82, 2.24) is 9.88 Å². The molecule has 1 aliphatic heterocycles. The van der Waals surface area contributed by atoms with Crippen LogP contribution in [0.1, 0.15) is 16.8 Å². The van der Waals surface area contributed by atoms with Crippen LogP contribution in [0.2, 0.25) is 5.02 Å². The van der Waals surface area contributed by atoms with Crippen molar-refractivity contribution in [2.24, 2.45) is 0 Å². The van der Waals surface area contributed by atoms with Crippen LogP contribution in [0.5, 0.6) is 0 Å². The number of aromatic nitrogens is 1. The Kier molecular flexibility index (Phi) is 3.68. The molecule has 0 atom stereocenters. The summed E-state index contributed by atoms with van der Waals surface area (Å²) in [6, 6.07) is 16.3. The van der Waals surface area contributed by atoms with Gasteiger partial charge in [0.05, 0.1) is 16.2 Å². The molecule has 0 fully saturated rings. The van der Waals surface area contributed by atoms with E-state index in [0.717, 1.165) is 53.9 Å². The Morgan fingerprint density at radius 2 is 1.91 bits per heavy atom. The second-order valence-corrected chi connectivity index (χ2v) is 6.44. The monoisotopic (exact) mass is 323 g/mol. The molecule has 4 rings (SSSR count). The minimum absolute atomic E-state index is 0.682. The zero-order chi connectivity index (χ0) is 15.8. The summed E-state index contributed by atoms with van der Waals surface area (Å²) in [5.74, 6) is 0. The van der Waals surface area contributed by atoms with E-state index < -0.39 is 0 Å². The van der Waals surface area contributed by atoms with Crippen LogP contribution in [-0.2, 0) is 19.5 Å². The molecular formula is C19H18ClN3. The fourth-order valence-electron chi connectivity index (χ4n) is 3.34. The van der Waals surface area contributed by atoms with E-state index in [0.29, 0.717) is 5.02 Å². The van der Waals surface area contributed by atoms with Crippen LogP contribution in [0.3, 0.4) is 0 Å². The second-order valence-electron chi connectivity index (χ2n) is 6.03. The van der Waals surface area contributed by atoms with Crippen molar-refractivity contribution < 1.29 is 0 Å². The zero-order valence-electron chi connectivity index (χ0n) is 12.8. The van der Waals surface area contributed by atoms with Crippen LogP contribution < -0.4 is 5.73 Å². The summed E-state index contributed by atoms with van der Waals surface area (Å²) in [5, 5.41) is 1.58. The summed E-state index contributed by atoms with van der Waals surface area (Å²) >= 11 is 6.31. The van der Waals surface area contributed by atoms with E-state index in [2.05, 4.69) is 29.2 Å². The molecule has 4 heteroatoms. The number of pyridine rings is 1. The number of hydrogen-bond acceptors (Lipinski definition) is 3. The summed E-state index contributed by atoms with van der Waals surface area (Å²) in [6.45, 7) is 2.76. The van der Waals surface area contributed by atoms with Crippen LogP contribution >= 0.6 is 11.6 Å². The molecular weight excluding hydrogens is 306 g/mol. The van der Waals surface area contributed by atoms with E-state index in [4.69, 9.17) is 22.3 Å². The molecule has 2 N–H and O–H groups in total. The quantitative estimate of drug-likeness (QED) is 0.774. The molecule has 1 aliphatic rings. The van der Waals surface area contributed by atoms with Gasteiger partial charge in [0.15, 0.2) is 0 Å². The number of fused-ring (bicyclic) bond motifs is 2. The standard InChI is InChI=1S/C19H18ClN3/c20-15-7-4-8-16-18(15)19(21)14-9-10-23(12-17(14)22-16)11-13-5-2-1-3-6-13/h1-8H,9-12H2,(H2,21,22). The fraction of sp³-hybridized carbons (Fsp3) is 0.211. The van der Waals surface area contributed by atoms with Gasteiger partial charge < -0.3 is 5.73 Å². The summed E-state index contributed by atoms with van der Waals surface area (Å²) in [5.41, 5.74) is 11.7. The molecule has 23 heavy (non-hydrogen) atoms. The van der Waals surface area contributed by atoms with Crippen molar-refractivity contribution in [1.29, 1.82) is 0 Å². The largest absolute Gasteiger partial charge is 0.398 e. The van der Waals surface area contributed by atoms with Crippen LogP contribution in [0.25, 0.3) is 10.9 Å². The van der Waals surface area contributed by atoms with Gasteiger partial charge >= 0.3 is 0 Å². The minimum atomic E-state index is 0.682. The number of hydrogen-bond donors (Lipinski definition) is 1. The third-order valence-corrected chi connectivity index (χ3v) is 4.81. The van der Waals surface area contributed by atoms with E-state index in [9.17, 15) is 0 Å². The van der Waals surface area contributed by atoms with Crippen molar-refractivity contribution in [3.8, 4) is 0 Å². The molecule has 3 aromatic rings. The first-order valence-corrected chi connectivity index (χ1v) is 8.22. The maximum Gasteiger partial charge on any atom is 0.0741 e. The predicted octanol–water partition coefficient (Wildman–Crippen LogP) is 4.03. The molecule has 0 saturated heterocycles. The zero-order valence-corrected chi connectivity index (χ0v) is 13.6. The lowest BCUT2D eigenvalue weighted by molar-refractivity contribution is 0.242. The highest BCUT2D eigenvalue weighted by atomic mass is 35.5. The predicted molar refractivity (Wildman–Crippen MR) is 95.4 cm³/mol. The molecule has 2 aromatic carbocycles. The van der Waals surface area contributed by atoms with Gasteiger partial charge in [0, 0.05) is 30.7 Å². The summed E-state index contributed by atoms with van der Waals surface area (Å²) in [6.07, 6.45) is 0.919. The molecule has 1 aromatic heterocycles. The first-order chi connectivity index (χ1) is 11.2. The lowest BCUT2D eigenvalue weighted by Crippen LogP contribution is -2.31. The van der Waals surface area contributed by atoms with E-state index >= 15 is 0 Å². The van der Waals surface area contributed by atoms with Gasteiger partial charge in [0.1, 0.15) is 0 Å². The van der Waals surface area contributed by atoms with Crippen LogP contribution in [0.4, 0.5) is 5.69 Å². The lowest BCUT2D eigenvalue weighted by Gasteiger charge is -2.29. The highest BCUT2D eigenvalue weighted by Gasteiger charge is 2.22.